The van der Waals surface area contributed by atoms with Crippen LogP contribution in [-0.4, -0.2) is 62.0 Å². The van der Waals surface area contributed by atoms with Gasteiger partial charge in [0, 0.05) is 49.7 Å². The Balaban J connectivity index is 1.28. The summed E-state index contributed by atoms with van der Waals surface area (Å²) in [6.07, 6.45) is 5.12. The zero-order valence-electron chi connectivity index (χ0n) is 20.8. The molecule has 198 valence electrons. The molecule has 6 rings (SSSR count). The Labute approximate surface area is 220 Å². The molecule has 0 radical (unpaired) electrons. The number of hydrogen-bond donors (Lipinski definition) is 3. The number of rotatable bonds is 5. The quantitative estimate of drug-likeness (QED) is 0.510. The molecular weight excluding hydrogens is 500 g/mol. The van der Waals surface area contributed by atoms with Gasteiger partial charge in [-0.05, 0) is 55.7 Å². The van der Waals surface area contributed by atoms with Crippen LogP contribution in [0.3, 0.4) is 0 Å². The molecule has 1 aromatic heterocycles. The molecule has 0 spiro atoms. The second kappa shape index (κ2) is 9.51. The predicted molar refractivity (Wildman–Crippen MR) is 142 cm³/mol. The minimum atomic E-state index is -2.93. The van der Waals surface area contributed by atoms with Crippen LogP contribution >= 0.6 is 11.6 Å². The molecule has 4 aliphatic rings. The Bertz CT molecular complexity index is 1210. The molecule has 10 heteroatoms. The Hall–Kier alpha value is -2.78. The number of aromatic nitrogens is 1. The molecule has 3 aliphatic heterocycles. The predicted octanol–water partition coefficient (Wildman–Crippen LogP) is 4.84. The molecule has 3 N–H and O–H groups in total. The summed E-state index contributed by atoms with van der Waals surface area (Å²) < 4.78 is 35.5. The SMILES string of the molecule is CN1CC2=C(N[C@@H](C3CC3)C(F)(F)CO2)c2cc(Nc3cc(N4CCC(CO)CC4)ncc3Cl)ccc21. The summed E-state index contributed by atoms with van der Waals surface area (Å²) in [5.74, 6) is -1.24. The van der Waals surface area contributed by atoms with Crippen LogP contribution in [0.4, 0.5) is 31.7 Å². The fourth-order valence-corrected chi connectivity index (χ4v) is 5.73. The summed E-state index contributed by atoms with van der Waals surface area (Å²) in [7, 11) is 1.94. The molecule has 7 nitrogen and oxygen atoms in total. The third-order valence-corrected chi connectivity index (χ3v) is 8.24. The minimum absolute atomic E-state index is 0.0358. The molecule has 2 fully saturated rings. The fourth-order valence-electron chi connectivity index (χ4n) is 5.58. The van der Waals surface area contributed by atoms with E-state index in [4.69, 9.17) is 16.3 Å². The van der Waals surface area contributed by atoms with Crippen molar-refractivity contribution >= 4 is 40.2 Å². The number of aliphatic hydroxyl groups is 1. The third kappa shape index (κ3) is 4.79. The third-order valence-electron chi connectivity index (χ3n) is 7.94. The summed E-state index contributed by atoms with van der Waals surface area (Å²) in [6, 6.07) is 6.93. The van der Waals surface area contributed by atoms with E-state index in [0.717, 1.165) is 67.2 Å². The maximum atomic E-state index is 14.9. The Kier molecular flexibility index (Phi) is 6.31. The fraction of sp³-hybridized carbons (Fsp3) is 0.519. The van der Waals surface area contributed by atoms with E-state index in [-0.39, 0.29) is 12.5 Å². The van der Waals surface area contributed by atoms with Gasteiger partial charge in [-0.3, -0.25) is 0 Å². The van der Waals surface area contributed by atoms with E-state index in [1.165, 1.54) is 0 Å². The van der Waals surface area contributed by atoms with E-state index in [1.807, 2.05) is 36.2 Å². The van der Waals surface area contributed by atoms with Crippen molar-refractivity contribution in [1.29, 1.82) is 0 Å². The number of benzene rings is 1. The van der Waals surface area contributed by atoms with Crippen molar-refractivity contribution in [2.45, 2.75) is 37.6 Å². The van der Waals surface area contributed by atoms with Gasteiger partial charge in [-0.15, -0.1) is 0 Å². The molecule has 1 aromatic carbocycles. The Morgan fingerprint density at radius 1 is 1.22 bits per heavy atom. The van der Waals surface area contributed by atoms with Crippen molar-refractivity contribution in [3.63, 3.8) is 0 Å². The van der Waals surface area contributed by atoms with Gasteiger partial charge in [0.1, 0.15) is 11.6 Å². The van der Waals surface area contributed by atoms with Crippen LogP contribution in [0.2, 0.25) is 5.02 Å². The van der Waals surface area contributed by atoms with Gasteiger partial charge in [0.15, 0.2) is 6.61 Å². The number of aliphatic hydroxyl groups excluding tert-OH is 1. The summed E-state index contributed by atoms with van der Waals surface area (Å²) in [6.45, 7) is 1.72. The Morgan fingerprint density at radius 2 is 2.00 bits per heavy atom. The van der Waals surface area contributed by atoms with Crippen molar-refractivity contribution in [1.82, 2.24) is 10.3 Å². The number of hydrogen-bond acceptors (Lipinski definition) is 7. The second-order valence-corrected chi connectivity index (χ2v) is 11.1. The standard InChI is InChI=1S/C27H32ClF2N5O2/c1-34-13-23-25(33-26(17-2-3-17)27(29,30)15-37-23)19-10-18(4-5-22(19)34)32-21-11-24(31-12-20(21)28)35-8-6-16(14-36)7-9-35/h4-5,10-12,16-17,26,33,36H,2-3,6-9,13-15H2,1H3,(H,31,32)/t26-/m0/s1. The molecule has 2 aromatic rings. The molecule has 1 saturated heterocycles. The number of halogens is 3. The van der Waals surface area contributed by atoms with Gasteiger partial charge in [0.05, 0.1) is 35.2 Å². The zero-order chi connectivity index (χ0) is 25.7. The van der Waals surface area contributed by atoms with Gasteiger partial charge < -0.3 is 30.3 Å². The molecule has 0 unspecified atom stereocenters. The minimum Gasteiger partial charge on any atom is -0.487 e. The number of nitrogens with one attached hydrogen (secondary N) is 2. The number of fused-ring (bicyclic) bond motifs is 2. The lowest BCUT2D eigenvalue weighted by atomic mass is 9.98. The zero-order valence-corrected chi connectivity index (χ0v) is 21.6. The van der Waals surface area contributed by atoms with Gasteiger partial charge in [0.25, 0.3) is 0 Å². The summed E-state index contributed by atoms with van der Waals surface area (Å²) in [4.78, 5) is 8.75. The molecular formula is C27H32ClF2N5O2. The van der Waals surface area contributed by atoms with E-state index in [2.05, 4.69) is 20.5 Å². The molecule has 0 bridgehead atoms. The smallest absolute Gasteiger partial charge is 0.301 e. The topological polar surface area (TPSA) is 72.9 Å². The van der Waals surface area contributed by atoms with Crippen molar-refractivity contribution in [2.24, 2.45) is 11.8 Å². The number of piperidine rings is 1. The number of likely N-dealkylation sites (N-methyl/N-ethyl adjacent to an activating group) is 1. The van der Waals surface area contributed by atoms with E-state index in [9.17, 15) is 13.9 Å². The largest absolute Gasteiger partial charge is 0.487 e. The van der Waals surface area contributed by atoms with Crippen LogP contribution < -0.4 is 20.4 Å². The highest BCUT2D eigenvalue weighted by atomic mass is 35.5. The van der Waals surface area contributed by atoms with Crippen LogP contribution in [0.1, 0.15) is 31.2 Å². The lowest BCUT2D eigenvalue weighted by molar-refractivity contribution is -0.0833. The van der Waals surface area contributed by atoms with Gasteiger partial charge in [-0.25, -0.2) is 13.8 Å². The Morgan fingerprint density at radius 3 is 2.73 bits per heavy atom. The maximum absolute atomic E-state index is 14.9. The highest BCUT2D eigenvalue weighted by molar-refractivity contribution is 6.33. The summed E-state index contributed by atoms with van der Waals surface area (Å²) >= 11 is 6.51. The highest BCUT2D eigenvalue weighted by Crippen LogP contribution is 2.45. The van der Waals surface area contributed by atoms with Gasteiger partial charge >= 0.3 is 5.92 Å². The van der Waals surface area contributed by atoms with Gasteiger partial charge in [-0.2, -0.15) is 0 Å². The van der Waals surface area contributed by atoms with Gasteiger partial charge in [-0.1, -0.05) is 11.6 Å². The van der Waals surface area contributed by atoms with Crippen molar-refractivity contribution in [3.8, 4) is 0 Å². The van der Waals surface area contributed by atoms with E-state index in [1.54, 1.807) is 6.20 Å². The monoisotopic (exact) mass is 531 g/mol. The lowest BCUT2D eigenvalue weighted by Crippen LogP contribution is -2.47. The first kappa shape index (κ1) is 24.6. The number of anilines is 4. The van der Waals surface area contributed by atoms with E-state index >= 15 is 0 Å². The normalized spacial score (nSPS) is 23.5. The van der Waals surface area contributed by atoms with Crippen LogP contribution in [0, 0.1) is 11.8 Å². The average molecular weight is 532 g/mol. The molecule has 37 heavy (non-hydrogen) atoms. The number of pyridine rings is 1. The number of ether oxygens (including phenoxy) is 1. The molecule has 1 saturated carbocycles. The lowest BCUT2D eigenvalue weighted by Gasteiger charge is -2.32. The highest BCUT2D eigenvalue weighted by Gasteiger charge is 2.51. The summed E-state index contributed by atoms with van der Waals surface area (Å²) in [5.41, 5.74) is 3.95. The molecule has 1 aliphatic carbocycles. The van der Waals surface area contributed by atoms with Crippen LogP contribution in [0.15, 0.2) is 36.2 Å². The first-order valence-electron chi connectivity index (χ1n) is 13.0. The molecule has 1 atom stereocenters. The van der Waals surface area contributed by atoms with Gasteiger partial charge in [0.2, 0.25) is 0 Å². The first-order valence-corrected chi connectivity index (χ1v) is 13.3. The second-order valence-electron chi connectivity index (χ2n) is 10.7. The average Bonchev–Trinajstić information content (AvgIpc) is 3.74. The van der Waals surface area contributed by atoms with Crippen molar-refractivity contribution in [2.75, 3.05) is 55.0 Å². The van der Waals surface area contributed by atoms with Crippen molar-refractivity contribution < 1.29 is 18.6 Å². The maximum Gasteiger partial charge on any atom is 0.301 e. The van der Waals surface area contributed by atoms with E-state index < -0.39 is 18.6 Å². The van der Waals surface area contributed by atoms with E-state index in [0.29, 0.717) is 28.9 Å². The van der Waals surface area contributed by atoms with Crippen molar-refractivity contribution in [3.05, 3.63) is 46.8 Å². The van der Waals surface area contributed by atoms with Crippen LogP contribution in [0.25, 0.3) is 5.70 Å². The van der Waals surface area contributed by atoms with Crippen LogP contribution in [-0.2, 0) is 4.74 Å². The first-order chi connectivity index (χ1) is 17.8. The number of nitrogens with zero attached hydrogens (tertiary/aromatic N) is 3. The molecule has 4 heterocycles. The number of alkyl halides is 2. The van der Waals surface area contributed by atoms with Crippen LogP contribution in [0.5, 0.6) is 0 Å². The molecule has 0 amide bonds. The summed E-state index contributed by atoms with van der Waals surface area (Å²) in [5, 5.41) is 16.5.